The van der Waals surface area contributed by atoms with Crippen molar-refractivity contribution in [2.45, 2.75) is 43.4 Å². The molecule has 5 rings (SSSR count). The van der Waals surface area contributed by atoms with Gasteiger partial charge in [-0.15, -0.1) is 0 Å². The Morgan fingerprint density at radius 3 is 2.44 bits per heavy atom. The van der Waals surface area contributed by atoms with Gasteiger partial charge in [0.2, 0.25) is 17.7 Å². The van der Waals surface area contributed by atoms with Crippen LogP contribution < -0.4 is 15.4 Å². The van der Waals surface area contributed by atoms with Gasteiger partial charge < -0.3 is 30.1 Å². The van der Waals surface area contributed by atoms with E-state index in [2.05, 4.69) is 10.6 Å². The third-order valence-electron chi connectivity index (χ3n) is 7.56. The van der Waals surface area contributed by atoms with E-state index in [-0.39, 0.29) is 24.3 Å². The van der Waals surface area contributed by atoms with Crippen LogP contribution in [0.4, 0.5) is 11.4 Å². The second kappa shape index (κ2) is 9.91. The summed E-state index contributed by atoms with van der Waals surface area (Å²) in [5.74, 6) is -1.59. The van der Waals surface area contributed by atoms with E-state index in [1.165, 1.54) is 0 Å². The molecule has 3 amide bonds. The van der Waals surface area contributed by atoms with Crippen molar-refractivity contribution in [3.05, 3.63) is 54.6 Å². The molecule has 3 aliphatic heterocycles. The van der Waals surface area contributed by atoms with Crippen molar-refractivity contribution in [3.8, 4) is 5.75 Å². The van der Waals surface area contributed by atoms with Crippen LogP contribution in [0.2, 0.25) is 0 Å². The van der Waals surface area contributed by atoms with E-state index in [1.807, 2.05) is 18.2 Å². The molecule has 2 aromatic rings. The molecule has 3 aliphatic rings. The summed E-state index contributed by atoms with van der Waals surface area (Å²) < 4.78 is 11.6. The summed E-state index contributed by atoms with van der Waals surface area (Å²) in [5, 5.41) is 15.1. The van der Waals surface area contributed by atoms with Crippen molar-refractivity contribution >= 4 is 29.1 Å². The molecule has 0 saturated carbocycles. The van der Waals surface area contributed by atoms with Crippen LogP contribution in [0.3, 0.4) is 0 Å². The summed E-state index contributed by atoms with van der Waals surface area (Å²) >= 11 is 0. The second-order valence-electron chi connectivity index (χ2n) is 9.59. The summed E-state index contributed by atoms with van der Waals surface area (Å²) in [7, 11) is 1.57. The molecule has 2 aromatic carbocycles. The molecule has 0 radical (unpaired) electrons. The second-order valence-corrected chi connectivity index (χ2v) is 9.59. The zero-order valence-corrected chi connectivity index (χ0v) is 20.2. The highest BCUT2D eigenvalue weighted by molar-refractivity contribution is 6.05. The Hall–Kier alpha value is -3.43. The highest BCUT2D eigenvalue weighted by Gasteiger charge is 2.74. The number of unbranched alkanes of at least 4 members (excludes halogenated alkanes) is 1. The first kappa shape index (κ1) is 24.3. The van der Waals surface area contributed by atoms with E-state index >= 15 is 0 Å². The van der Waals surface area contributed by atoms with E-state index in [4.69, 9.17) is 9.47 Å². The number of aliphatic hydroxyl groups excluding tert-OH is 1. The first-order valence-electron chi connectivity index (χ1n) is 12.4. The molecular formula is C27H31N3O6. The van der Waals surface area contributed by atoms with Crippen molar-refractivity contribution < 1.29 is 29.0 Å². The minimum absolute atomic E-state index is 0.00000605. The van der Waals surface area contributed by atoms with Crippen LogP contribution in [0.1, 0.15) is 25.7 Å². The van der Waals surface area contributed by atoms with Crippen molar-refractivity contribution in [1.29, 1.82) is 0 Å². The third kappa shape index (κ3) is 4.12. The van der Waals surface area contributed by atoms with Gasteiger partial charge in [-0.05, 0) is 62.1 Å². The molecule has 0 aliphatic carbocycles. The Kier molecular flexibility index (Phi) is 6.68. The lowest BCUT2D eigenvalue weighted by Gasteiger charge is -2.33. The lowest BCUT2D eigenvalue weighted by Crippen LogP contribution is -2.53. The summed E-state index contributed by atoms with van der Waals surface area (Å²) in [5.41, 5.74) is 0.170. The van der Waals surface area contributed by atoms with Gasteiger partial charge in [-0.1, -0.05) is 18.2 Å². The summed E-state index contributed by atoms with van der Waals surface area (Å²) in [6, 6.07) is 15.2. The van der Waals surface area contributed by atoms with Crippen LogP contribution >= 0.6 is 0 Å². The van der Waals surface area contributed by atoms with Gasteiger partial charge in [0.15, 0.2) is 0 Å². The molecule has 36 heavy (non-hydrogen) atoms. The minimum atomic E-state index is -1.06. The maximum atomic E-state index is 13.8. The van der Waals surface area contributed by atoms with Gasteiger partial charge in [0.05, 0.1) is 25.0 Å². The zero-order valence-electron chi connectivity index (χ0n) is 20.2. The average Bonchev–Trinajstić information content (AvgIpc) is 3.53. The zero-order chi connectivity index (χ0) is 25.3. The number of aliphatic hydroxyl groups is 1. The Morgan fingerprint density at radius 2 is 1.75 bits per heavy atom. The standard InChI is InChI=1S/C27H31N3O6/c1-35-19-11-9-18(10-12-19)29-25(33)23-27-14-13-20(36-27)21(24(32)28-17-7-3-2-4-8-17)22(27)26(34)30(23)15-5-6-16-31/h2-4,7-12,20-23,31H,5-6,13-16H2,1H3,(H,28,32)(H,29,33)/t20-,21+,22-,23?,27?/m0/s1. The predicted octanol–water partition coefficient (Wildman–Crippen LogP) is 2.42. The number of likely N-dealkylation sites (tertiary alicyclic amines) is 1. The predicted molar refractivity (Wildman–Crippen MR) is 132 cm³/mol. The molecule has 2 unspecified atom stereocenters. The monoisotopic (exact) mass is 493 g/mol. The van der Waals surface area contributed by atoms with Crippen LogP contribution in [0, 0.1) is 11.8 Å². The van der Waals surface area contributed by atoms with Gasteiger partial charge in [0, 0.05) is 24.5 Å². The largest absolute Gasteiger partial charge is 0.497 e. The molecule has 3 N–H and O–H groups in total. The number of ether oxygens (including phenoxy) is 2. The normalized spacial score (nSPS) is 28.2. The number of nitrogens with zero attached hydrogens (tertiary/aromatic N) is 1. The van der Waals surface area contributed by atoms with Crippen molar-refractivity contribution in [3.63, 3.8) is 0 Å². The number of hydrogen-bond acceptors (Lipinski definition) is 6. The Labute approximate surface area is 209 Å². The minimum Gasteiger partial charge on any atom is -0.497 e. The first-order valence-corrected chi connectivity index (χ1v) is 12.4. The molecule has 2 bridgehead atoms. The van der Waals surface area contributed by atoms with E-state index in [0.29, 0.717) is 49.4 Å². The van der Waals surface area contributed by atoms with Gasteiger partial charge in [-0.25, -0.2) is 0 Å². The summed E-state index contributed by atoms with van der Waals surface area (Å²) in [6.07, 6.45) is 1.77. The molecular weight excluding hydrogens is 462 g/mol. The SMILES string of the molecule is COc1ccc(NC(=O)C2N(CCCCO)C(=O)[C@@H]3[C@H](C(=O)Nc4ccccc4)[C@@H]4CCC23O4)cc1. The number of fused-ring (bicyclic) bond motifs is 1. The van der Waals surface area contributed by atoms with Crippen LogP contribution in [0.25, 0.3) is 0 Å². The van der Waals surface area contributed by atoms with Gasteiger partial charge in [0.25, 0.3) is 0 Å². The smallest absolute Gasteiger partial charge is 0.250 e. The van der Waals surface area contributed by atoms with Gasteiger partial charge in [-0.3, -0.25) is 14.4 Å². The number of benzene rings is 2. The number of nitrogens with one attached hydrogen (secondary N) is 2. The number of anilines is 2. The number of para-hydroxylation sites is 1. The third-order valence-corrected chi connectivity index (χ3v) is 7.56. The highest BCUT2D eigenvalue weighted by atomic mass is 16.5. The molecule has 5 atom stereocenters. The number of carbonyl (C=O) groups is 3. The quantitative estimate of drug-likeness (QED) is 0.462. The number of rotatable bonds is 9. The Balaban J connectivity index is 1.43. The van der Waals surface area contributed by atoms with Crippen molar-refractivity contribution in [2.75, 3.05) is 30.9 Å². The lowest BCUT2D eigenvalue weighted by molar-refractivity contribution is -0.139. The van der Waals surface area contributed by atoms with Crippen molar-refractivity contribution in [2.24, 2.45) is 11.8 Å². The number of carbonyl (C=O) groups excluding carboxylic acids is 3. The maximum Gasteiger partial charge on any atom is 0.250 e. The van der Waals surface area contributed by atoms with E-state index in [9.17, 15) is 19.5 Å². The Morgan fingerprint density at radius 1 is 1.06 bits per heavy atom. The maximum absolute atomic E-state index is 13.8. The van der Waals surface area contributed by atoms with E-state index in [0.717, 1.165) is 0 Å². The molecule has 3 saturated heterocycles. The summed E-state index contributed by atoms with van der Waals surface area (Å²) in [4.78, 5) is 42.4. The van der Waals surface area contributed by atoms with Gasteiger partial charge >= 0.3 is 0 Å². The molecule has 3 heterocycles. The van der Waals surface area contributed by atoms with Crippen LogP contribution in [-0.2, 0) is 19.1 Å². The molecule has 9 nitrogen and oxygen atoms in total. The average molecular weight is 494 g/mol. The summed E-state index contributed by atoms with van der Waals surface area (Å²) in [6.45, 7) is 0.305. The van der Waals surface area contributed by atoms with E-state index in [1.54, 1.807) is 48.4 Å². The fraction of sp³-hybridized carbons (Fsp3) is 0.444. The molecule has 3 fully saturated rings. The fourth-order valence-electron chi connectivity index (χ4n) is 6.02. The fourth-order valence-corrected chi connectivity index (χ4v) is 6.02. The molecule has 9 heteroatoms. The van der Waals surface area contributed by atoms with Gasteiger partial charge in [-0.2, -0.15) is 0 Å². The first-order chi connectivity index (χ1) is 17.5. The lowest BCUT2D eigenvalue weighted by atomic mass is 9.70. The number of hydrogen-bond donors (Lipinski definition) is 3. The molecule has 1 spiro atoms. The molecule has 190 valence electrons. The van der Waals surface area contributed by atoms with E-state index < -0.39 is 29.6 Å². The highest BCUT2D eigenvalue weighted by Crippen LogP contribution is 2.58. The van der Waals surface area contributed by atoms with Crippen LogP contribution in [0.15, 0.2) is 54.6 Å². The number of methoxy groups -OCH3 is 1. The van der Waals surface area contributed by atoms with Crippen LogP contribution in [-0.4, -0.2) is 65.7 Å². The topological polar surface area (TPSA) is 117 Å². The van der Waals surface area contributed by atoms with Gasteiger partial charge in [0.1, 0.15) is 17.4 Å². The van der Waals surface area contributed by atoms with Crippen LogP contribution in [0.5, 0.6) is 5.75 Å². The molecule has 0 aromatic heterocycles. The van der Waals surface area contributed by atoms with Crippen molar-refractivity contribution in [1.82, 2.24) is 4.90 Å². The number of amides is 3. The Bertz CT molecular complexity index is 1120.